The van der Waals surface area contributed by atoms with Crippen LogP contribution in [0.15, 0.2) is 6.07 Å². The summed E-state index contributed by atoms with van der Waals surface area (Å²) in [6.07, 6.45) is 0.0706. The number of nitrogens with zero attached hydrogens (tertiary/aromatic N) is 2. The molecule has 0 bridgehead atoms. The minimum atomic E-state index is -2.80. The highest BCUT2D eigenvalue weighted by Gasteiger charge is 2.69. The molecule has 3 aliphatic rings. The van der Waals surface area contributed by atoms with Crippen molar-refractivity contribution in [2.45, 2.75) is 50.8 Å². The van der Waals surface area contributed by atoms with Gasteiger partial charge in [-0.25, -0.2) is 0 Å². The number of hydrogen-bond donors (Lipinski definition) is 5. The lowest BCUT2D eigenvalue weighted by Gasteiger charge is -2.52. The lowest BCUT2D eigenvalue weighted by atomic mass is 9.52. The first-order chi connectivity index (χ1) is 19.3. The molecule has 0 spiro atoms. The Hall–Kier alpha value is -3.68. The largest absolute Gasteiger partial charge is 0.505 e. The third-order valence-corrected chi connectivity index (χ3v) is 8.57. The highest BCUT2D eigenvalue weighted by atomic mass is 16.3. The van der Waals surface area contributed by atoms with Gasteiger partial charge in [-0.2, -0.15) is 0 Å². The minimum absolute atomic E-state index is 0.0365. The summed E-state index contributed by atoms with van der Waals surface area (Å²) in [5.74, 6) is -11.8. The van der Waals surface area contributed by atoms with E-state index in [9.17, 15) is 39.0 Å². The van der Waals surface area contributed by atoms with Gasteiger partial charge in [0.1, 0.15) is 5.75 Å². The third kappa shape index (κ3) is 4.88. The quantitative estimate of drug-likeness (QED) is 0.208. The third-order valence-electron chi connectivity index (χ3n) is 8.57. The maximum Gasteiger partial charge on any atom is 0.238 e. The number of carbonyl (C=O) groups excluding carboxylic acids is 6. The zero-order chi connectivity index (χ0) is 31.6. The van der Waals surface area contributed by atoms with Crippen molar-refractivity contribution in [1.82, 2.24) is 10.2 Å². The van der Waals surface area contributed by atoms with Gasteiger partial charge < -0.3 is 31.5 Å². The molecule has 13 heteroatoms. The van der Waals surface area contributed by atoms with Crippen LogP contribution in [0.3, 0.4) is 0 Å². The smallest absolute Gasteiger partial charge is 0.238 e. The summed E-state index contributed by atoms with van der Waals surface area (Å²) in [7, 11) is 6.52. The molecule has 6 atom stereocenters. The van der Waals surface area contributed by atoms with E-state index in [-0.39, 0.29) is 36.2 Å². The number of nitrogens with two attached hydrogens (primary N) is 1. The summed E-state index contributed by atoms with van der Waals surface area (Å²) in [5, 5.41) is 28.6. The van der Waals surface area contributed by atoms with Crippen molar-refractivity contribution in [2.24, 2.45) is 29.4 Å². The number of amides is 2. The van der Waals surface area contributed by atoms with E-state index in [0.717, 1.165) is 0 Å². The second-order valence-corrected chi connectivity index (χ2v) is 13.0. The summed E-state index contributed by atoms with van der Waals surface area (Å²) in [6, 6.07) is 0.374. The van der Waals surface area contributed by atoms with Gasteiger partial charge in [0.2, 0.25) is 11.8 Å². The number of benzene rings is 1. The highest BCUT2D eigenvalue weighted by molar-refractivity contribution is 6.32. The minimum Gasteiger partial charge on any atom is -0.505 e. The molecule has 0 heterocycles. The van der Waals surface area contributed by atoms with Gasteiger partial charge in [-0.15, -0.1) is 0 Å². The standard InChI is InChI=1S/C29H39N5O8/c1-28(2,3)31-11-17(35)32-15-10-16(33(4)5)13-8-12-9-14-21(34(6)7)24(38)20(27(30)41)26(40)29(14,42)25(39)18(12)23(37)19(13)22(15)36/h10,12,14,18,20-21,31,36,42H,8-9,11H2,1-7H3,(H2,30,41)(H,32,35)/t12-,14-,18?,20?,21-,29-/m0/s1. The van der Waals surface area contributed by atoms with Crippen LogP contribution in [0.25, 0.3) is 0 Å². The number of rotatable bonds is 6. The SMILES string of the molecule is CN(C)c1cc(NC(=O)CNC(C)(C)C)c(O)c2c1C[C@H]1C[C@H]3[C@H](N(C)C)C(=O)C(C(N)=O)C(=O)[C@@]3(O)C(=O)C1C2=O. The Morgan fingerprint density at radius 3 is 2.24 bits per heavy atom. The maximum absolute atomic E-state index is 14.1. The number of phenols is 1. The van der Waals surface area contributed by atoms with Crippen LogP contribution in [0.4, 0.5) is 11.4 Å². The molecule has 13 nitrogen and oxygen atoms in total. The monoisotopic (exact) mass is 585 g/mol. The van der Waals surface area contributed by atoms with Crippen LogP contribution in [0.2, 0.25) is 0 Å². The summed E-state index contributed by atoms with van der Waals surface area (Å²) in [6.45, 7) is 5.58. The van der Waals surface area contributed by atoms with E-state index in [1.807, 2.05) is 20.8 Å². The number of aromatic hydroxyl groups is 1. The van der Waals surface area contributed by atoms with E-state index in [2.05, 4.69) is 10.6 Å². The molecular weight excluding hydrogens is 546 g/mol. The van der Waals surface area contributed by atoms with Gasteiger partial charge in [0.25, 0.3) is 0 Å². The Morgan fingerprint density at radius 2 is 1.71 bits per heavy atom. The second-order valence-electron chi connectivity index (χ2n) is 13.0. The Morgan fingerprint density at radius 1 is 1.10 bits per heavy atom. The van der Waals surface area contributed by atoms with Gasteiger partial charge in [0.05, 0.1) is 29.8 Å². The average molecular weight is 586 g/mol. The van der Waals surface area contributed by atoms with Crippen LogP contribution >= 0.6 is 0 Å². The van der Waals surface area contributed by atoms with Gasteiger partial charge in [-0.3, -0.25) is 33.7 Å². The van der Waals surface area contributed by atoms with Crippen LogP contribution in [0, 0.1) is 23.7 Å². The van der Waals surface area contributed by atoms with Crippen molar-refractivity contribution in [2.75, 3.05) is 45.0 Å². The number of Topliss-reactive ketones (excluding diaryl/α,β-unsaturated/α-hetero) is 4. The van der Waals surface area contributed by atoms with E-state index in [0.29, 0.717) is 11.3 Å². The van der Waals surface area contributed by atoms with E-state index < -0.39 is 76.0 Å². The van der Waals surface area contributed by atoms with Crippen molar-refractivity contribution in [3.63, 3.8) is 0 Å². The zero-order valence-electron chi connectivity index (χ0n) is 24.9. The fraction of sp³-hybridized carbons (Fsp3) is 0.586. The van der Waals surface area contributed by atoms with E-state index in [1.165, 1.54) is 19.0 Å². The number of nitrogens with one attached hydrogen (secondary N) is 2. The molecule has 3 aliphatic carbocycles. The fourth-order valence-electron chi connectivity index (χ4n) is 6.69. The molecule has 1 aromatic carbocycles. The van der Waals surface area contributed by atoms with Crippen LogP contribution in [0.1, 0.15) is 43.1 Å². The normalized spacial score (nSPS) is 29.1. The molecule has 228 valence electrons. The first-order valence-corrected chi connectivity index (χ1v) is 13.8. The molecule has 0 aromatic heterocycles. The number of primary amides is 1. The van der Waals surface area contributed by atoms with Crippen molar-refractivity contribution in [3.05, 3.63) is 17.2 Å². The number of ketones is 4. The Kier molecular flexibility index (Phi) is 7.85. The molecular formula is C29H39N5O8. The lowest BCUT2D eigenvalue weighted by molar-refractivity contribution is -0.181. The summed E-state index contributed by atoms with van der Waals surface area (Å²) >= 11 is 0. The zero-order valence-corrected chi connectivity index (χ0v) is 24.9. The molecule has 0 saturated heterocycles. The van der Waals surface area contributed by atoms with E-state index in [1.54, 1.807) is 25.1 Å². The Labute approximate surface area is 243 Å². The first kappa shape index (κ1) is 31.3. The molecule has 2 unspecified atom stereocenters. The molecule has 0 aliphatic heterocycles. The fourth-order valence-corrected chi connectivity index (χ4v) is 6.69. The van der Waals surface area contributed by atoms with Gasteiger partial charge in [-0.1, -0.05) is 0 Å². The topological polar surface area (TPSA) is 199 Å². The second kappa shape index (κ2) is 10.5. The van der Waals surface area contributed by atoms with Crippen molar-refractivity contribution < 1.29 is 39.0 Å². The lowest BCUT2D eigenvalue weighted by Crippen LogP contribution is -2.74. The molecule has 2 amide bonds. The molecule has 6 N–H and O–H groups in total. The van der Waals surface area contributed by atoms with Gasteiger partial charge in [0.15, 0.2) is 34.7 Å². The van der Waals surface area contributed by atoms with Gasteiger partial charge >= 0.3 is 0 Å². The van der Waals surface area contributed by atoms with Crippen LogP contribution in [0.5, 0.6) is 5.75 Å². The Balaban J connectivity index is 1.81. The number of anilines is 2. The average Bonchev–Trinajstić information content (AvgIpc) is 2.85. The predicted octanol–water partition coefficient (Wildman–Crippen LogP) is -0.740. The van der Waals surface area contributed by atoms with E-state index in [4.69, 9.17) is 5.73 Å². The number of phenolic OH excluding ortho intramolecular Hbond substituents is 1. The van der Waals surface area contributed by atoms with E-state index >= 15 is 0 Å². The number of likely N-dealkylation sites (N-methyl/N-ethyl adjacent to an activating group) is 1. The van der Waals surface area contributed by atoms with Gasteiger partial charge in [-0.05, 0) is 65.3 Å². The molecule has 1 aromatic rings. The summed E-state index contributed by atoms with van der Waals surface area (Å²) in [4.78, 5) is 82.7. The molecule has 2 saturated carbocycles. The van der Waals surface area contributed by atoms with Crippen LogP contribution < -0.4 is 21.3 Å². The molecule has 42 heavy (non-hydrogen) atoms. The molecule has 0 radical (unpaired) electrons. The predicted molar refractivity (Wildman–Crippen MR) is 152 cm³/mol. The highest BCUT2D eigenvalue weighted by Crippen LogP contribution is 2.52. The molecule has 2 fully saturated rings. The number of fused-ring (bicyclic) bond motifs is 3. The first-order valence-electron chi connectivity index (χ1n) is 13.8. The van der Waals surface area contributed by atoms with Crippen LogP contribution in [-0.2, 0) is 30.4 Å². The summed E-state index contributed by atoms with van der Waals surface area (Å²) in [5.41, 5.74) is 2.95. The number of hydrogen-bond acceptors (Lipinski definition) is 11. The maximum atomic E-state index is 14.1. The van der Waals surface area contributed by atoms with Gasteiger partial charge in [0, 0.05) is 31.2 Å². The molecule has 4 rings (SSSR count). The number of aliphatic hydroxyl groups is 1. The Bertz CT molecular complexity index is 1400. The van der Waals surface area contributed by atoms with Crippen molar-refractivity contribution in [3.8, 4) is 5.75 Å². The summed E-state index contributed by atoms with van der Waals surface area (Å²) < 4.78 is 0. The van der Waals surface area contributed by atoms with Crippen LogP contribution in [-0.4, -0.2) is 102 Å². The van der Waals surface area contributed by atoms with Crippen molar-refractivity contribution in [1.29, 1.82) is 0 Å². The van der Waals surface area contributed by atoms with Crippen molar-refractivity contribution >= 4 is 46.3 Å². The number of carbonyl (C=O) groups is 6.